The van der Waals surface area contributed by atoms with E-state index in [0.29, 0.717) is 48.2 Å². The van der Waals surface area contributed by atoms with Crippen LogP contribution in [0.25, 0.3) is 22.1 Å². The predicted octanol–water partition coefficient (Wildman–Crippen LogP) is 4.26. The largest absolute Gasteiger partial charge is 0.416 e. The molecule has 0 saturated heterocycles. The number of benzene rings is 1. The maximum atomic E-state index is 13.0. The number of aryl methyl sites for hydroxylation is 2. The van der Waals surface area contributed by atoms with Crippen LogP contribution >= 0.6 is 0 Å². The molecule has 8 nitrogen and oxygen atoms in total. The summed E-state index contributed by atoms with van der Waals surface area (Å²) >= 11 is 0. The van der Waals surface area contributed by atoms with Crippen molar-refractivity contribution in [3.8, 4) is 0 Å². The summed E-state index contributed by atoms with van der Waals surface area (Å²) in [4.78, 5) is 18.5. The minimum absolute atomic E-state index is 0.0495. The van der Waals surface area contributed by atoms with Gasteiger partial charge in [0.2, 0.25) is 0 Å². The number of nitrogens with one attached hydrogen (secondary N) is 1. The lowest BCUT2D eigenvalue weighted by Crippen LogP contribution is -2.46. The Labute approximate surface area is 223 Å². The maximum Gasteiger partial charge on any atom is 0.416 e. The fraction of sp³-hybridized carbons (Fsp3) is 0.536. The molecule has 0 radical (unpaired) electrons. The van der Waals surface area contributed by atoms with E-state index in [2.05, 4.69) is 31.9 Å². The molecule has 2 aliphatic carbocycles. The number of nitrogens with zero attached hydrogens (tertiary/aromatic N) is 5. The number of alkyl halides is 3. The summed E-state index contributed by atoms with van der Waals surface area (Å²) in [5, 5.41) is 22.7. The zero-order valence-corrected chi connectivity index (χ0v) is 21.9. The first-order chi connectivity index (χ1) is 18.6. The quantitative estimate of drug-likeness (QED) is 0.323. The monoisotopic (exact) mass is 542 g/mol. The van der Waals surface area contributed by atoms with Crippen LogP contribution in [0.3, 0.4) is 0 Å². The van der Waals surface area contributed by atoms with E-state index in [4.69, 9.17) is 0 Å². The van der Waals surface area contributed by atoms with Crippen LogP contribution in [0.1, 0.15) is 48.8 Å². The van der Waals surface area contributed by atoms with Crippen LogP contribution in [0, 0.1) is 18.8 Å². The third kappa shape index (κ3) is 4.92. The minimum atomic E-state index is -4.38. The number of rotatable bonds is 7. The molecule has 0 aliphatic heterocycles. The molecule has 3 heterocycles. The molecule has 39 heavy (non-hydrogen) atoms. The van der Waals surface area contributed by atoms with Crippen molar-refractivity contribution in [2.45, 2.75) is 69.5 Å². The van der Waals surface area contributed by atoms with Crippen molar-refractivity contribution in [3.63, 3.8) is 0 Å². The van der Waals surface area contributed by atoms with Crippen molar-refractivity contribution in [2.75, 3.05) is 13.6 Å². The molecule has 0 spiro atoms. The van der Waals surface area contributed by atoms with Gasteiger partial charge in [0.1, 0.15) is 23.9 Å². The predicted molar refractivity (Wildman–Crippen MR) is 140 cm³/mol. The summed E-state index contributed by atoms with van der Waals surface area (Å²) in [6, 6.07) is 5.74. The fourth-order valence-corrected chi connectivity index (χ4v) is 6.43. The Bertz CT molecular complexity index is 1480. The van der Waals surface area contributed by atoms with Gasteiger partial charge in [-0.2, -0.15) is 13.2 Å². The Morgan fingerprint density at radius 3 is 2.67 bits per heavy atom. The van der Waals surface area contributed by atoms with Crippen LogP contribution in [0.5, 0.6) is 0 Å². The van der Waals surface area contributed by atoms with Crippen LogP contribution in [-0.2, 0) is 12.6 Å². The highest BCUT2D eigenvalue weighted by Crippen LogP contribution is 2.40. The molecule has 0 amide bonds. The van der Waals surface area contributed by atoms with E-state index in [-0.39, 0.29) is 12.0 Å². The van der Waals surface area contributed by atoms with Gasteiger partial charge in [-0.25, -0.2) is 15.0 Å². The average Bonchev–Trinajstić information content (AvgIpc) is 3.54. The molecule has 3 aromatic heterocycles. The molecule has 1 aromatic carbocycles. The normalized spacial score (nSPS) is 27.6. The summed E-state index contributed by atoms with van der Waals surface area (Å²) in [5.41, 5.74) is 1.95. The van der Waals surface area contributed by atoms with Gasteiger partial charge >= 0.3 is 6.18 Å². The number of H-pyrrole nitrogens is 1. The van der Waals surface area contributed by atoms with Crippen molar-refractivity contribution >= 4 is 22.1 Å². The Kier molecular flexibility index (Phi) is 6.63. The van der Waals surface area contributed by atoms with Gasteiger partial charge in [0, 0.05) is 36.5 Å². The second-order valence-electron chi connectivity index (χ2n) is 11.3. The lowest BCUT2D eigenvalue weighted by molar-refractivity contribution is -0.137. The zero-order valence-electron chi connectivity index (χ0n) is 21.9. The standard InChI is InChI=1S/C28H33F3N6O2/c1-15-20-7-8-37(27(20)33-14-32-15)23-11-17(25(38)26(23)39)13-36(2)19-9-16(10-19)3-6-24-34-21-5-4-18(28(29,30)31)12-22(21)35-24/h4-5,7-8,12,14,16-17,19,23,25-26,38-39H,3,6,9-11,13H2,1-2H3,(H,34,35)/t16-,17-,19+,23-,25-,26+/m1/s1. The molecule has 0 bridgehead atoms. The van der Waals surface area contributed by atoms with Crippen LogP contribution < -0.4 is 0 Å². The lowest BCUT2D eigenvalue weighted by atomic mass is 9.76. The van der Waals surface area contributed by atoms with E-state index in [0.717, 1.165) is 48.1 Å². The van der Waals surface area contributed by atoms with Crippen molar-refractivity contribution in [2.24, 2.45) is 11.8 Å². The molecule has 2 aliphatic rings. The van der Waals surface area contributed by atoms with E-state index in [1.807, 2.05) is 23.8 Å². The number of hydrogen-bond donors (Lipinski definition) is 3. The third-order valence-corrected chi connectivity index (χ3v) is 8.84. The Balaban J connectivity index is 1.01. The summed E-state index contributed by atoms with van der Waals surface area (Å²) < 4.78 is 40.9. The number of hydrogen-bond acceptors (Lipinski definition) is 6. The van der Waals surface area contributed by atoms with Crippen LogP contribution in [0.15, 0.2) is 36.8 Å². The number of halogens is 3. The van der Waals surface area contributed by atoms with Gasteiger partial charge in [0.25, 0.3) is 0 Å². The van der Waals surface area contributed by atoms with Crippen molar-refractivity contribution in [3.05, 3.63) is 53.9 Å². The summed E-state index contributed by atoms with van der Waals surface area (Å²) in [6.07, 6.45) is 1.75. The fourth-order valence-electron chi connectivity index (χ4n) is 6.43. The van der Waals surface area contributed by atoms with Gasteiger partial charge in [0.05, 0.1) is 34.4 Å². The summed E-state index contributed by atoms with van der Waals surface area (Å²) in [6.45, 7) is 2.63. The molecule has 4 atom stereocenters. The molecule has 208 valence electrons. The number of imidazole rings is 1. The van der Waals surface area contributed by atoms with E-state index in [1.54, 1.807) is 0 Å². The second kappa shape index (κ2) is 9.87. The van der Waals surface area contributed by atoms with Crippen LogP contribution in [0.2, 0.25) is 0 Å². The topological polar surface area (TPSA) is 103 Å². The van der Waals surface area contributed by atoms with Crippen molar-refractivity contribution in [1.82, 2.24) is 29.4 Å². The Morgan fingerprint density at radius 2 is 1.90 bits per heavy atom. The molecule has 6 rings (SSSR count). The first kappa shape index (κ1) is 26.2. The zero-order chi connectivity index (χ0) is 27.5. The van der Waals surface area contributed by atoms with E-state index < -0.39 is 23.9 Å². The summed E-state index contributed by atoms with van der Waals surface area (Å²) in [5.74, 6) is 1.19. The van der Waals surface area contributed by atoms with Crippen molar-refractivity contribution in [1.29, 1.82) is 0 Å². The van der Waals surface area contributed by atoms with Gasteiger partial charge in [-0.15, -0.1) is 0 Å². The smallest absolute Gasteiger partial charge is 0.390 e. The second-order valence-corrected chi connectivity index (χ2v) is 11.3. The highest BCUT2D eigenvalue weighted by Gasteiger charge is 2.44. The molecule has 4 aromatic rings. The maximum absolute atomic E-state index is 13.0. The average molecular weight is 543 g/mol. The van der Waals surface area contributed by atoms with Crippen molar-refractivity contribution < 1.29 is 23.4 Å². The number of aromatic amines is 1. The molecule has 3 N–H and O–H groups in total. The first-order valence-electron chi connectivity index (χ1n) is 13.5. The Hall–Kier alpha value is -3.02. The summed E-state index contributed by atoms with van der Waals surface area (Å²) in [7, 11) is 2.08. The molecule has 11 heteroatoms. The SMILES string of the molecule is Cc1ncnc2c1ccn2[C@@H]1C[C@H](CN(C)[C@H]2C[C@@H](CCc3nc4cc(C(F)(F)F)ccc4[nH]3)C2)[C@@H](O)[C@H]1O. The molecule has 0 unspecified atom stereocenters. The minimum Gasteiger partial charge on any atom is -0.390 e. The van der Waals surface area contributed by atoms with Gasteiger partial charge in [-0.1, -0.05) is 0 Å². The molecule has 2 fully saturated rings. The first-order valence-corrected chi connectivity index (χ1v) is 13.5. The van der Waals surface area contributed by atoms with Gasteiger partial charge < -0.3 is 24.7 Å². The van der Waals surface area contributed by atoms with Gasteiger partial charge in [-0.05, 0) is 69.8 Å². The van der Waals surface area contributed by atoms with E-state index in [1.165, 1.54) is 12.4 Å². The van der Waals surface area contributed by atoms with E-state index in [9.17, 15) is 23.4 Å². The highest BCUT2D eigenvalue weighted by molar-refractivity contribution is 5.78. The van der Waals surface area contributed by atoms with Crippen LogP contribution in [-0.4, -0.2) is 71.5 Å². The van der Waals surface area contributed by atoms with E-state index >= 15 is 0 Å². The van der Waals surface area contributed by atoms with Crippen LogP contribution in [0.4, 0.5) is 13.2 Å². The highest BCUT2D eigenvalue weighted by atomic mass is 19.4. The van der Waals surface area contributed by atoms with Gasteiger partial charge in [0.15, 0.2) is 0 Å². The molecular formula is C28H33F3N6O2. The number of fused-ring (bicyclic) bond motifs is 2. The molecule has 2 saturated carbocycles. The number of aliphatic hydroxyl groups excluding tert-OH is 2. The van der Waals surface area contributed by atoms with Gasteiger partial charge in [-0.3, -0.25) is 0 Å². The lowest BCUT2D eigenvalue weighted by Gasteiger charge is -2.42. The number of aliphatic hydroxyl groups is 2. The Morgan fingerprint density at radius 1 is 1.10 bits per heavy atom. The molecular weight excluding hydrogens is 509 g/mol. The third-order valence-electron chi connectivity index (χ3n) is 8.84. The number of aromatic nitrogens is 5.